The normalized spacial score (nSPS) is 16.2. The molecule has 20 heavy (non-hydrogen) atoms. The van der Waals surface area contributed by atoms with Gasteiger partial charge in [-0.05, 0) is 25.7 Å². The molecule has 5 nitrogen and oxygen atoms in total. The predicted octanol–water partition coefficient (Wildman–Crippen LogP) is 1.87. The highest BCUT2D eigenvalue weighted by atomic mass is 16.2. The van der Waals surface area contributed by atoms with Crippen LogP contribution in [0.4, 0.5) is 0 Å². The summed E-state index contributed by atoms with van der Waals surface area (Å²) in [5.74, 6) is 0.695. The number of unbranched alkanes of at least 4 members (excludes halogenated alkanes) is 3. The van der Waals surface area contributed by atoms with Crippen LogP contribution in [0, 0.1) is 0 Å². The van der Waals surface area contributed by atoms with Crippen molar-refractivity contribution in [3.63, 3.8) is 0 Å². The lowest BCUT2D eigenvalue weighted by Crippen LogP contribution is -2.39. The fourth-order valence-corrected chi connectivity index (χ4v) is 2.39. The summed E-state index contributed by atoms with van der Waals surface area (Å²) >= 11 is 0. The van der Waals surface area contributed by atoms with Crippen molar-refractivity contribution in [1.82, 2.24) is 10.2 Å². The maximum absolute atomic E-state index is 11.9. The summed E-state index contributed by atoms with van der Waals surface area (Å²) in [6.45, 7) is 5.39. The number of likely N-dealkylation sites (tertiary alicyclic amines) is 1. The number of rotatable bonds is 8. The fraction of sp³-hybridized carbons (Fsp3) is 0.867. The van der Waals surface area contributed by atoms with Crippen LogP contribution in [0.25, 0.3) is 0 Å². The summed E-state index contributed by atoms with van der Waals surface area (Å²) in [6, 6.07) is 0. The highest BCUT2D eigenvalue weighted by Crippen LogP contribution is 2.09. The highest BCUT2D eigenvalue weighted by molar-refractivity contribution is 5.80. The summed E-state index contributed by atoms with van der Waals surface area (Å²) in [5.41, 5.74) is 5.77. The first-order valence-corrected chi connectivity index (χ1v) is 8.05. The van der Waals surface area contributed by atoms with Gasteiger partial charge in [-0.15, -0.1) is 0 Å². The Bertz CT molecular complexity index is 298. The number of guanidine groups is 1. The quantitative estimate of drug-likeness (QED) is 0.405. The van der Waals surface area contributed by atoms with Gasteiger partial charge in [0.05, 0.1) is 0 Å². The molecule has 1 heterocycles. The number of piperidine rings is 1. The Morgan fingerprint density at radius 3 is 2.65 bits per heavy atom. The average molecular weight is 282 g/mol. The number of nitrogens with two attached hydrogens (primary N) is 1. The second kappa shape index (κ2) is 10.5. The summed E-state index contributed by atoms with van der Waals surface area (Å²) in [7, 11) is 0. The van der Waals surface area contributed by atoms with Crippen molar-refractivity contribution >= 4 is 11.9 Å². The van der Waals surface area contributed by atoms with Gasteiger partial charge >= 0.3 is 0 Å². The Labute approximate surface area is 123 Å². The number of amides is 1. The van der Waals surface area contributed by atoms with Gasteiger partial charge in [0, 0.05) is 32.6 Å². The molecule has 1 saturated heterocycles. The van der Waals surface area contributed by atoms with E-state index in [0.29, 0.717) is 18.9 Å². The van der Waals surface area contributed by atoms with Gasteiger partial charge in [-0.2, -0.15) is 0 Å². The van der Waals surface area contributed by atoms with Gasteiger partial charge in [-0.1, -0.05) is 26.2 Å². The van der Waals surface area contributed by atoms with Crippen LogP contribution in [0.2, 0.25) is 0 Å². The average Bonchev–Trinajstić information content (AvgIpc) is 2.48. The summed E-state index contributed by atoms with van der Waals surface area (Å²) in [6.07, 6.45) is 8.82. The second-order valence-corrected chi connectivity index (χ2v) is 5.45. The molecule has 0 aliphatic carbocycles. The molecule has 1 aliphatic rings. The largest absolute Gasteiger partial charge is 0.370 e. The van der Waals surface area contributed by atoms with E-state index in [1.54, 1.807) is 0 Å². The zero-order valence-electron chi connectivity index (χ0n) is 12.9. The first kappa shape index (κ1) is 16.8. The fourth-order valence-electron chi connectivity index (χ4n) is 2.39. The summed E-state index contributed by atoms with van der Waals surface area (Å²) in [4.78, 5) is 18.1. The molecule has 1 rings (SSSR count). The van der Waals surface area contributed by atoms with E-state index in [-0.39, 0.29) is 5.91 Å². The van der Waals surface area contributed by atoms with Gasteiger partial charge < -0.3 is 16.0 Å². The van der Waals surface area contributed by atoms with E-state index in [1.807, 2.05) is 4.90 Å². The van der Waals surface area contributed by atoms with Gasteiger partial charge in [0.25, 0.3) is 0 Å². The lowest BCUT2D eigenvalue weighted by atomic mass is 10.1. The number of nitrogens with zero attached hydrogens (tertiary/aromatic N) is 2. The highest BCUT2D eigenvalue weighted by Gasteiger charge is 2.15. The van der Waals surface area contributed by atoms with E-state index >= 15 is 0 Å². The van der Waals surface area contributed by atoms with Gasteiger partial charge in [-0.25, -0.2) is 0 Å². The molecule has 0 aromatic heterocycles. The zero-order valence-corrected chi connectivity index (χ0v) is 12.9. The maximum atomic E-state index is 11.9. The molecule has 0 unspecified atom stereocenters. The molecule has 1 aliphatic heterocycles. The number of carbonyl (C=O) groups is 1. The predicted molar refractivity (Wildman–Crippen MR) is 83.7 cm³/mol. The lowest BCUT2D eigenvalue weighted by molar-refractivity contribution is -0.131. The molecule has 0 bridgehead atoms. The molecular formula is C15H30N4O. The van der Waals surface area contributed by atoms with Crippen LogP contribution >= 0.6 is 0 Å². The Balaban J connectivity index is 2.06. The van der Waals surface area contributed by atoms with Gasteiger partial charge in [0.2, 0.25) is 5.91 Å². The Hall–Kier alpha value is -1.26. The summed E-state index contributed by atoms with van der Waals surface area (Å²) < 4.78 is 0. The number of carbonyl (C=O) groups excluding carboxylic acids is 1. The Morgan fingerprint density at radius 2 is 1.95 bits per heavy atom. The molecular weight excluding hydrogens is 252 g/mol. The number of hydrogen-bond donors (Lipinski definition) is 2. The van der Waals surface area contributed by atoms with Crippen molar-refractivity contribution in [2.75, 3.05) is 26.2 Å². The molecule has 0 spiro atoms. The van der Waals surface area contributed by atoms with Crippen molar-refractivity contribution in [3.05, 3.63) is 0 Å². The molecule has 116 valence electrons. The summed E-state index contributed by atoms with van der Waals surface area (Å²) in [5, 5.41) is 3.02. The molecule has 0 aromatic carbocycles. The van der Waals surface area contributed by atoms with E-state index in [1.165, 1.54) is 25.7 Å². The molecule has 1 fully saturated rings. The number of hydrogen-bond acceptors (Lipinski definition) is 2. The van der Waals surface area contributed by atoms with Crippen molar-refractivity contribution in [3.8, 4) is 0 Å². The van der Waals surface area contributed by atoms with E-state index in [9.17, 15) is 4.79 Å². The minimum atomic E-state index is 0.230. The molecule has 0 radical (unpaired) electrons. The van der Waals surface area contributed by atoms with Crippen molar-refractivity contribution < 1.29 is 4.79 Å². The van der Waals surface area contributed by atoms with Crippen LogP contribution in [0.5, 0.6) is 0 Å². The Kier molecular flexibility index (Phi) is 8.83. The van der Waals surface area contributed by atoms with E-state index in [4.69, 9.17) is 5.73 Å². The minimum Gasteiger partial charge on any atom is -0.370 e. The molecule has 0 saturated carbocycles. The standard InChI is InChI=1S/C15H30N4O/c1-2-3-4-6-10-17-15(16)18-11-9-14(20)19-12-7-5-8-13-19/h2-13H2,1H3,(H3,16,17,18). The monoisotopic (exact) mass is 282 g/mol. The van der Waals surface area contributed by atoms with Crippen LogP contribution in [-0.4, -0.2) is 42.9 Å². The first-order valence-electron chi connectivity index (χ1n) is 8.05. The van der Waals surface area contributed by atoms with Crippen molar-refractivity contribution in [2.24, 2.45) is 10.7 Å². The number of nitrogens with one attached hydrogen (secondary N) is 1. The van der Waals surface area contributed by atoms with Crippen LogP contribution in [-0.2, 0) is 4.79 Å². The van der Waals surface area contributed by atoms with E-state index in [0.717, 1.165) is 38.9 Å². The SMILES string of the molecule is CCCCCCN=C(N)NCCC(=O)N1CCCCC1. The van der Waals surface area contributed by atoms with Gasteiger partial charge in [0.1, 0.15) is 0 Å². The molecule has 0 atom stereocenters. The van der Waals surface area contributed by atoms with Gasteiger partial charge in [0.15, 0.2) is 5.96 Å². The van der Waals surface area contributed by atoms with Gasteiger partial charge in [-0.3, -0.25) is 9.79 Å². The minimum absolute atomic E-state index is 0.230. The van der Waals surface area contributed by atoms with Crippen molar-refractivity contribution in [1.29, 1.82) is 0 Å². The van der Waals surface area contributed by atoms with E-state index in [2.05, 4.69) is 17.2 Å². The maximum Gasteiger partial charge on any atom is 0.224 e. The lowest BCUT2D eigenvalue weighted by Gasteiger charge is -2.26. The second-order valence-electron chi connectivity index (χ2n) is 5.45. The molecule has 0 aromatic rings. The van der Waals surface area contributed by atoms with Crippen LogP contribution in [0.3, 0.4) is 0 Å². The van der Waals surface area contributed by atoms with Crippen molar-refractivity contribution in [2.45, 2.75) is 58.3 Å². The topological polar surface area (TPSA) is 70.7 Å². The third kappa shape index (κ3) is 7.36. The smallest absolute Gasteiger partial charge is 0.224 e. The molecule has 1 amide bonds. The zero-order chi connectivity index (χ0) is 14.6. The van der Waals surface area contributed by atoms with Crippen LogP contribution in [0.1, 0.15) is 58.3 Å². The van der Waals surface area contributed by atoms with E-state index < -0.39 is 0 Å². The Morgan fingerprint density at radius 1 is 1.20 bits per heavy atom. The third-order valence-corrected chi connectivity index (χ3v) is 3.65. The molecule has 3 N–H and O–H groups in total. The molecule has 5 heteroatoms. The van der Waals surface area contributed by atoms with Crippen LogP contribution in [0.15, 0.2) is 4.99 Å². The van der Waals surface area contributed by atoms with Crippen LogP contribution < -0.4 is 11.1 Å². The first-order chi connectivity index (χ1) is 9.74. The third-order valence-electron chi connectivity index (χ3n) is 3.65. The number of aliphatic imine (C=N–C) groups is 1.